The lowest BCUT2D eigenvalue weighted by Crippen LogP contribution is -2.10. The van der Waals surface area contributed by atoms with Crippen molar-refractivity contribution in [2.24, 2.45) is 5.92 Å². The fourth-order valence-corrected chi connectivity index (χ4v) is 2.24. The third-order valence-electron chi connectivity index (χ3n) is 2.60. The Bertz CT molecular complexity index is 439. The van der Waals surface area contributed by atoms with Crippen LogP contribution in [0.3, 0.4) is 0 Å². The Morgan fingerprint density at radius 3 is 2.32 bits per heavy atom. The summed E-state index contributed by atoms with van der Waals surface area (Å²) in [5.74, 6) is -0.536. The van der Waals surface area contributed by atoms with Crippen molar-refractivity contribution in [2.45, 2.75) is 36.3 Å². The summed E-state index contributed by atoms with van der Waals surface area (Å²) < 4.78 is 36.5. The molecule has 0 aromatic heterocycles. The van der Waals surface area contributed by atoms with Gasteiger partial charge >= 0.3 is 5.51 Å². The van der Waals surface area contributed by atoms with Crippen molar-refractivity contribution in [2.75, 3.05) is 0 Å². The van der Waals surface area contributed by atoms with E-state index in [0.29, 0.717) is 12.0 Å². The van der Waals surface area contributed by atoms with E-state index in [2.05, 4.69) is 0 Å². The molecule has 2 atom stereocenters. The Morgan fingerprint density at radius 2 is 1.89 bits per heavy atom. The van der Waals surface area contributed by atoms with Gasteiger partial charge in [0.1, 0.15) is 0 Å². The van der Waals surface area contributed by atoms with Crippen LogP contribution in [0.15, 0.2) is 29.2 Å². The van der Waals surface area contributed by atoms with Gasteiger partial charge in [0, 0.05) is 4.90 Å². The smallest absolute Gasteiger partial charge is 0.387 e. The van der Waals surface area contributed by atoms with Gasteiger partial charge < -0.3 is 5.11 Å². The van der Waals surface area contributed by atoms with E-state index in [4.69, 9.17) is 5.26 Å². The normalized spacial score (nSPS) is 14.7. The number of aliphatic hydroxyl groups is 1. The van der Waals surface area contributed by atoms with Crippen LogP contribution in [-0.2, 0) is 0 Å². The topological polar surface area (TPSA) is 44.0 Å². The molecular weight excluding hydrogens is 275 g/mol. The molecule has 0 amide bonds. The summed E-state index contributed by atoms with van der Waals surface area (Å²) in [6.07, 6.45) is 0.350. The summed E-state index contributed by atoms with van der Waals surface area (Å²) in [5.41, 5.74) is -3.86. The number of benzene rings is 1. The molecule has 1 rings (SSSR count). The first-order chi connectivity index (χ1) is 8.87. The molecule has 19 heavy (non-hydrogen) atoms. The molecule has 0 saturated carbocycles. The zero-order valence-electron chi connectivity index (χ0n) is 10.3. The Labute approximate surface area is 114 Å². The van der Waals surface area contributed by atoms with Crippen molar-refractivity contribution >= 4 is 11.8 Å². The highest BCUT2D eigenvalue weighted by molar-refractivity contribution is 8.00. The van der Waals surface area contributed by atoms with Gasteiger partial charge in [0.2, 0.25) is 0 Å². The van der Waals surface area contributed by atoms with E-state index in [0.717, 1.165) is 6.42 Å². The minimum atomic E-state index is -4.32. The Kier molecular flexibility index (Phi) is 5.70. The van der Waals surface area contributed by atoms with Gasteiger partial charge in [-0.25, -0.2) is 0 Å². The number of nitriles is 1. The van der Waals surface area contributed by atoms with Gasteiger partial charge in [-0.3, -0.25) is 0 Å². The zero-order chi connectivity index (χ0) is 14.5. The molecule has 0 radical (unpaired) electrons. The number of hydrogen-bond donors (Lipinski definition) is 1. The number of alkyl halides is 3. The van der Waals surface area contributed by atoms with Gasteiger partial charge in [0.15, 0.2) is 0 Å². The molecule has 2 nitrogen and oxygen atoms in total. The van der Waals surface area contributed by atoms with Gasteiger partial charge in [-0.2, -0.15) is 18.4 Å². The molecule has 0 aliphatic rings. The van der Waals surface area contributed by atoms with E-state index in [9.17, 15) is 18.3 Å². The molecule has 0 fully saturated rings. The number of aliphatic hydroxyl groups excluding tert-OH is 1. The lowest BCUT2D eigenvalue weighted by Gasteiger charge is -2.16. The first-order valence-electron chi connectivity index (χ1n) is 5.80. The first-order valence-corrected chi connectivity index (χ1v) is 6.62. The SMILES string of the molecule is CCCC(C#N)C(O)c1ccc(SC(F)(F)F)cc1. The van der Waals surface area contributed by atoms with Gasteiger partial charge in [-0.05, 0) is 35.9 Å². The van der Waals surface area contributed by atoms with Gasteiger partial charge in [0.05, 0.1) is 18.1 Å². The average Bonchev–Trinajstić information content (AvgIpc) is 2.34. The van der Waals surface area contributed by atoms with E-state index in [-0.39, 0.29) is 16.7 Å². The second-order valence-electron chi connectivity index (χ2n) is 4.09. The highest BCUT2D eigenvalue weighted by Gasteiger charge is 2.29. The molecule has 104 valence electrons. The largest absolute Gasteiger partial charge is 0.446 e. The molecule has 0 bridgehead atoms. The van der Waals surface area contributed by atoms with Crippen molar-refractivity contribution in [3.63, 3.8) is 0 Å². The molecule has 0 aliphatic heterocycles. The Hall–Kier alpha value is -1.19. The lowest BCUT2D eigenvalue weighted by atomic mass is 9.93. The maximum atomic E-state index is 12.2. The first kappa shape index (κ1) is 15.9. The van der Waals surface area contributed by atoms with Crippen LogP contribution in [0, 0.1) is 17.2 Å². The van der Waals surface area contributed by atoms with Crippen molar-refractivity contribution < 1.29 is 18.3 Å². The number of thioether (sulfide) groups is 1. The van der Waals surface area contributed by atoms with Crippen molar-refractivity contribution in [1.82, 2.24) is 0 Å². The molecule has 0 saturated heterocycles. The third kappa shape index (κ3) is 5.13. The molecule has 0 aliphatic carbocycles. The lowest BCUT2D eigenvalue weighted by molar-refractivity contribution is -0.0328. The van der Waals surface area contributed by atoms with Crippen LogP contribution in [0.5, 0.6) is 0 Å². The van der Waals surface area contributed by atoms with E-state index in [1.54, 1.807) is 0 Å². The van der Waals surface area contributed by atoms with Crippen molar-refractivity contribution in [3.8, 4) is 6.07 Å². The Morgan fingerprint density at radius 1 is 1.32 bits per heavy atom. The number of rotatable bonds is 5. The maximum absolute atomic E-state index is 12.2. The fraction of sp³-hybridized carbons (Fsp3) is 0.462. The molecular formula is C13H14F3NOS. The summed E-state index contributed by atoms with van der Waals surface area (Å²) >= 11 is -0.201. The molecule has 0 heterocycles. The molecule has 0 spiro atoms. The fourth-order valence-electron chi connectivity index (χ4n) is 1.70. The molecule has 1 N–H and O–H groups in total. The maximum Gasteiger partial charge on any atom is 0.446 e. The monoisotopic (exact) mass is 289 g/mol. The van der Waals surface area contributed by atoms with Gasteiger partial charge in [-0.15, -0.1) is 0 Å². The van der Waals surface area contributed by atoms with Gasteiger partial charge in [0.25, 0.3) is 0 Å². The second kappa shape index (κ2) is 6.83. The summed E-state index contributed by atoms with van der Waals surface area (Å²) in [6.45, 7) is 1.90. The highest BCUT2D eigenvalue weighted by atomic mass is 32.2. The van der Waals surface area contributed by atoms with Crippen LogP contribution in [0.1, 0.15) is 31.4 Å². The van der Waals surface area contributed by atoms with E-state index >= 15 is 0 Å². The summed E-state index contributed by atoms with van der Waals surface area (Å²) in [7, 11) is 0. The summed E-state index contributed by atoms with van der Waals surface area (Å²) in [6, 6.07) is 7.48. The zero-order valence-corrected chi connectivity index (χ0v) is 11.1. The minimum Gasteiger partial charge on any atom is -0.387 e. The van der Waals surface area contributed by atoms with E-state index < -0.39 is 17.5 Å². The third-order valence-corrected chi connectivity index (χ3v) is 3.34. The molecule has 2 unspecified atom stereocenters. The van der Waals surface area contributed by atoms with Crippen molar-refractivity contribution in [1.29, 1.82) is 5.26 Å². The predicted molar refractivity (Wildman–Crippen MR) is 67.3 cm³/mol. The second-order valence-corrected chi connectivity index (χ2v) is 5.22. The van der Waals surface area contributed by atoms with Crippen LogP contribution in [0.2, 0.25) is 0 Å². The number of halogens is 3. The van der Waals surface area contributed by atoms with Crippen LogP contribution in [-0.4, -0.2) is 10.6 Å². The van der Waals surface area contributed by atoms with E-state index in [1.807, 2.05) is 13.0 Å². The van der Waals surface area contributed by atoms with Crippen LogP contribution >= 0.6 is 11.8 Å². The average molecular weight is 289 g/mol. The number of hydrogen-bond acceptors (Lipinski definition) is 3. The molecule has 1 aromatic rings. The highest BCUT2D eigenvalue weighted by Crippen LogP contribution is 2.37. The van der Waals surface area contributed by atoms with Crippen molar-refractivity contribution in [3.05, 3.63) is 29.8 Å². The quantitative estimate of drug-likeness (QED) is 0.823. The standard InChI is InChI=1S/C13H14F3NOS/c1-2-3-10(8-17)12(18)9-4-6-11(7-5-9)19-13(14,15)16/h4-7,10,12,18H,2-3H2,1H3. The minimum absolute atomic E-state index is 0.0625. The van der Waals surface area contributed by atoms with Crippen LogP contribution < -0.4 is 0 Å². The molecule has 1 aromatic carbocycles. The molecule has 6 heteroatoms. The van der Waals surface area contributed by atoms with Crippen LogP contribution in [0.25, 0.3) is 0 Å². The van der Waals surface area contributed by atoms with Gasteiger partial charge in [-0.1, -0.05) is 25.5 Å². The number of nitrogens with zero attached hydrogens (tertiary/aromatic N) is 1. The summed E-state index contributed by atoms with van der Waals surface area (Å²) in [5, 5.41) is 18.9. The van der Waals surface area contributed by atoms with Crippen LogP contribution in [0.4, 0.5) is 13.2 Å². The Balaban J connectivity index is 2.78. The van der Waals surface area contributed by atoms with E-state index in [1.165, 1.54) is 24.3 Å². The summed E-state index contributed by atoms with van der Waals surface area (Å²) in [4.78, 5) is 0.0625. The predicted octanol–water partition coefficient (Wildman–Crippen LogP) is 4.27.